The van der Waals surface area contributed by atoms with Gasteiger partial charge in [-0.2, -0.15) is 0 Å². The number of nitro groups is 1. The SMILES string of the molecule is COCCN(c1ncnc(N2CCOCC2)c1[N+](=O)[O-])C(C)C. The standard InChI is InChI=1S/C14H23N5O4/c1-11(2)18(6-7-22-3)14-12(19(20)21)13(15-10-16-14)17-4-8-23-9-5-17/h10-11H,4-9H2,1-3H3. The Hall–Kier alpha value is -2.00. The molecular weight excluding hydrogens is 302 g/mol. The predicted molar refractivity (Wildman–Crippen MR) is 86.1 cm³/mol. The summed E-state index contributed by atoms with van der Waals surface area (Å²) in [6, 6.07) is 0.0521. The summed E-state index contributed by atoms with van der Waals surface area (Å²) in [5, 5.41) is 11.7. The third kappa shape index (κ3) is 4.05. The van der Waals surface area contributed by atoms with Gasteiger partial charge < -0.3 is 19.3 Å². The van der Waals surface area contributed by atoms with Crippen LogP contribution in [0.1, 0.15) is 13.8 Å². The second-order valence-electron chi connectivity index (χ2n) is 5.51. The maximum atomic E-state index is 11.7. The van der Waals surface area contributed by atoms with E-state index in [1.165, 1.54) is 6.33 Å². The van der Waals surface area contributed by atoms with Crippen LogP contribution in [0.15, 0.2) is 6.33 Å². The molecule has 0 radical (unpaired) electrons. The Morgan fingerprint density at radius 2 is 2.13 bits per heavy atom. The number of hydrogen-bond acceptors (Lipinski definition) is 8. The zero-order chi connectivity index (χ0) is 16.8. The van der Waals surface area contributed by atoms with Gasteiger partial charge in [-0.15, -0.1) is 0 Å². The Bertz CT molecular complexity index is 534. The lowest BCUT2D eigenvalue weighted by atomic mass is 10.2. The third-order valence-electron chi connectivity index (χ3n) is 3.71. The highest BCUT2D eigenvalue weighted by Crippen LogP contribution is 2.35. The lowest BCUT2D eigenvalue weighted by molar-refractivity contribution is -0.383. The van der Waals surface area contributed by atoms with Gasteiger partial charge >= 0.3 is 5.69 Å². The van der Waals surface area contributed by atoms with E-state index in [1.54, 1.807) is 7.11 Å². The molecule has 128 valence electrons. The van der Waals surface area contributed by atoms with Gasteiger partial charge in [0, 0.05) is 32.8 Å². The highest BCUT2D eigenvalue weighted by molar-refractivity contribution is 5.71. The van der Waals surface area contributed by atoms with Crippen LogP contribution in [0.2, 0.25) is 0 Å². The molecule has 23 heavy (non-hydrogen) atoms. The molecule has 0 N–H and O–H groups in total. The van der Waals surface area contributed by atoms with Crippen LogP contribution in [0.4, 0.5) is 17.3 Å². The van der Waals surface area contributed by atoms with Crippen LogP contribution in [-0.2, 0) is 9.47 Å². The van der Waals surface area contributed by atoms with Gasteiger partial charge in [0.15, 0.2) is 0 Å². The minimum Gasteiger partial charge on any atom is -0.383 e. The first kappa shape index (κ1) is 17.4. The second-order valence-corrected chi connectivity index (χ2v) is 5.51. The van der Waals surface area contributed by atoms with Crippen LogP contribution < -0.4 is 9.80 Å². The fraction of sp³-hybridized carbons (Fsp3) is 0.714. The second kappa shape index (κ2) is 8.02. The lowest BCUT2D eigenvalue weighted by Gasteiger charge is -2.30. The van der Waals surface area contributed by atoms with E-state index >= 15 is 0 Å². The molecular formula is C14H23N5O4. The summed E-state index contributed by atoms with van der Waals surface area (Å²) in [4.78, 5) is 23.4. The van der Waals surface area contributed by atoms with Gasteiger partial charge in [0.2, 0.25) is 11.6 Å². The maximum Gasteiger partial charge on any atom is 0.353 e. The molecule has 0 amide bonds. The predicted octanol–water partition coefficient (Wildman–Crippen LogP) is 1.08. The molecule has 0 aliphatic carbocycles. The highest BCUT2D eigenvalue weighted by atomic mass is 16.6. The third-order valence-corrected chi connectivity index (χ3v) is 3.71. The first-order valence-electron chi connectivity index (χ1n) is 7.64. The van der Waals surface area contributed by atoms with E-state index in [4.69, 9.17) is 9.47 Å². The van der Waals surface area contributed by atoms with Crippen molar-refractivity contribution in [3.05, 3.63) is 16.4 Å². The van der Waals surface area contributed by atoms with E-state index in [-0.39, 0.29) is 11.7 Å². The van der Waals surface area contributed by atoms with Crippen LogP contribution in [0.25, 0.3) is 0 Å². The topological polar surface area (TPSA) is 93.9 Å². The van der Waals surface area contributed by atoms with Crippen LogP contribution in [0.5, 0.6) is 0 Å². The van der Waals surface area contributed by atoms with Crippen LogP contribution in [0.3, 0.4) is 0 Å². The number of methoxy groups -OCH3 is 1. The number of anilines is 2. The van der Waals surface area contributed by atoms with E-state index < -0.39 is 4.92 Å². The van der Waals surface area contributed by atoms with Gasteiger partial charge in [-0.05, 0) is 13.8 Å². The number of morpholine rings is 1. The zero-order valence-corrected chi connectivity index (χ0v) is 13.8. The lowest BCUT2D eigenvalue weighted by Crippen LogP contribution is -2.38. The molecule has 1 aliphatic rings. The van der Waals surface area contributed by atoms with Gasteiger partial charge in [0.25, 0.3) is 0 Å². The van der Waals surface area contributed by atoms with Crippen molar-refractivity contribution < 1.29 is 14.4 Å². The van der Waals surface area contributed by atoms with Crippen molar-refractivity contribution in [2.24, 2.45) is 0 Å². The molecule has 0 spiro atoms. The Morgan fingerprint density at radius 3 is 2.70 bits per heavy atom. The number of hydrogen-bond donors (Lipinski definition) is 0. The number of nitrogens with zero attached hydrogens (tertiary/aromatic N) is 5. The van der Waals surface area contributed by atoms with Gasteiger partial charge in [-0.1, -0.05) is 0 Å². The van der Waals surface area contributed by atoms with Crippen molar-refractivity contribution >= 4 is 17.3 Å². The summed E-state index contributed by atoms with van der Waals surface area (Å²) < 4.78 is 10.4. The first-order valence-corrected chi connectivity index (χ1v) is 7.64. The number of rotatable bonds is 7. The minimum atomic E-state index is -0.400. The molecule has 0 saturated carbocycles. The Labute approximate surface area is 135 Å². The average molecular weight is 325 g/mol. The zero-order valence-electron chi connectivity index (χ0n) is 13.8. The quantitative estimate of drug-likeness (QED) is 0.543. The van der Waals surface area contributed by atoms with Crippen molar-refractivity contribution in [3.63, 3.8) is 0 Å². The molecule has 1 aromatic rings. The number of ether oxygens (including phenoxy) is 2. The Morgan fingerprint density at radius 1 is 1.43 bits per heavy atom. The van der Waals surface area contributed by atoms with E-state index in [0.29, 0.717) is 51.1 Å². The van der Waals surface area contributed by atoms with Crippen LogP contribution in [-0.4, -0.2) is 67.5 Å². The molecule has 0 bridgehead atoms. The summed E-state index contributed by atoms with van der Waals surface area (Å²) in [6.45, 7) is 7.16. The molecule has 0 unspecified atom stereocenters. The molecule has 9 heteroatoms. The maximum absolute atomic E-state index is 11.7. The molecule has 0 aromatic carbocycles. The van der Waals surface area contributed by atoms with Crippen LogP contribution in [0, 0.1) is 10.1 Å². The Kier molecular flexibility index (Phi) is 6.05. The van der Waals surface area contributed by atoms with Gasteiger partial charge in [-0.25, -0.2) is 9.97 Å². The largest absolute Gasteiger partial charge is 0.383 e. The van der Waals surface area contributed by atoms with E-state index in [0.717, 1.165) is 0 Å². The average Bonchev–Trinajstić information content (AvgIpc) is 2.55. The molecule has 1 aromatic heterocycles. The molecule has 1 saturated heterocycles. The summed E-state index contributed by atoms with van der Waals surface area (Å²) in [5.74, 6) is 0.685. The van der Waals surface area contributed by atoms with Crippen molar-refractivity contribution in [2.45, 2.75) is 19.9 Å². The summed E-state index contributed by atoms with van der Waals surface area (Å²) in [5.41, 5.74) is -0.0563. The van der Waals surface area contributed by atoms with Gasteiger partial charge in [0.1, 0.15) is 6.33 Å². The molecule has 2 heterocycles. The highest BCUT2D eigenvalue weighted by Gasteiger charge is 2.31. The summed E-state index contributed by atoms with van der Waals surface area (Å²) >= 11 is 0. The smallest absolute Gasteiger partial charge is 0.353 e. The van der Waals surface area contributed by atoms with E-state index in [1.807, 2.05) is 23.6 Å². The molecule has 2 rings (SSSR count). The minimum absolute atomic E-state index is 0.0521. The first-order chi connectivity index (χ1) is 11.1. The molecule has 1 fully saturated rings. The molecule has 9 nitrogen and oxygen atoms in total. The van der Waals surface area contributed by atoms with Crippen molar-refractivity contribution in [3.8, 4) is 0 Å². The van der Waals surface area contributed by atoms with E-state index in [9.17, 15) is 10.1 Å². The van der Waals surface area contributed by atoms with Gasteiger partial charge in [-0.3, -0.25) is 10.1 Å². The monoisotopic (exact) mass is 325 g/mol. The fourth-order valence-corrected chi connectivity index (χ4v) is 2.54. The summed E-state index contributed by atoms with van der Waals surface area (Å²) in [7, 11) is 1.60. The fourth-order valence-electron chi connectivity index (χ4n) is 2.54. The van der Waals surface area contributed by atoms with Crippen LogP contribution >= 0.6 is 0 Å². The molecule has 1 aliphatic heterocycles. The molecule has 0 atom stereocenters. The summed E-state index contributed by atoms with van der Waals surface area (Å²) in [6.07, 6.45) is 1.38. The Balaban J connectivity index is 2.43. The van der Waals surface area contributed by atoms with Crippen molar-refractivity contribution in [1.29, 1.82) is 0 Å². The van der Waals surface area contributed by atoms with Crippen molar-refractivity contribution in [2.75, 3.05) is 56.4 Å². The van der Waals surface area contributed by atoms with E-state index in [2.05, 4.69) is 9.97 Å². The normalized spacial score (nSPS) is 15.0. The van der Waals surface area contributed by atoms with Gasteiger partial charge in [0.05, 0.1) is 24.7 Å². The van der Waals surface area contributed by atoms with Crippen molar-refractivity contribution in [1.82, 2.24) is 9.97 Å². The number of aromatic nitrogens is 2.